The Labute approximate surface area is 114 Å². The van der Waals surface area contributed by atoms with E-state index in [9.17, 15) is 0 Å². The third-order valence-electron chi connectivity index (χ3n) is 3.24. The maximum absolute atomic E-state index is 5.47. The van der Waals surface area contributed by atoms with E-state index in [-0.39, 0.29) is 0 Å². The zero-order valence-electron chi connectivity index (χ0n) is 10.1. The van der Waals surface area contributed by atoms with Crippen LogP contribution in [0, 0.1) is 0 Å². The number of ether oxygens (including phenoxy) is 1. The van der Waals surface area contributed by atoms with E-state index in [1.807, 2.05) is 6.07 Å². The number of rotatable bonds is 1. The Balaban J connectivity index is 2.10. The fourth-order valence-corrected chi connectivity index (χ4v) is 2.68. The zero-order chi connectivity index (χ0) is 12.5. The van der Waals surface area contributed by atoms with Crippen LogP contribution in [0.3, 0.4) is 0 Å². The van der Waals surface area contributed by atoms with E-state index in [4.69, 9.17) is 4.74 Å². The summed E-state index contributed by atoms with van der Waals surface area (Å²) < 4.78 is 6.53. The molecular weight excluding hydrogens is 294 g/mol. The second-order valence-corrected chi connectivity index (χ2v) is 5.43. The fraction of sp³-hybridized carbons (Fsp3) is 0.385. The summed E-state index contributed by atoms with van der Waals surface area (Å²) in [5.41, 5.74) is 0. The third-order valence-corrected chi connectivity index (χ3v) is 3.74. The Morgan fingerprint density at radius 1 is 1.44 bits per heavy atom. The molecule has 1 aliphatic rings. The van der Waals surface area contributed by atoms with Crippen LogP contribution in [0.4, 0.5) is 5.82 Å². The highest BCUT2D eigenvalue weighted by Gasteiger charge is 2.22. The van der Waals surface area contributed by atoms with Crippen LogP contribution in [0.25, 0.3) is 10.8 Å². The summed E-state index contributed by atoms with van der Waals surface area (Å²) in [6.07, 6.45) is 1.80. The van der Waals surface area contributed by atoms with Gasteiger partial charge in [-0.3, -0.25) is 0 Å². The Bertz CT molecular complexity index is 575. The highest BCUT2D eigenvalue weighted by Crippen LogP contribution is 2.28. The standard InChI is InChI=1S/C13H14BrN3O/c1-9-8-18-5-4-17(9)13-12-3-2-11(14)6-10(12)7-15-16-13/h2-3,6-7,9H,4-5,8H2,1H3/t9-/m0/s1. The molecule has 94 valence electrons. The molecule has 4 nitrogen and oxygen atoms in total. The van der Waals surface area contributed by atoms with Crippen LogP contribution >= 0.6 is 15.9 Å². The minimum atomic E-state index is 0.335. The SMILES string of the molecule is C[C@H]1COCCN1c1nncc2cc(Br)ccc12. The molecule has 0 amide bonds. The highest BCUT2D eigenvalue weighted by molar-refractivity contribution is 9.10. The Morgan fingerprint density at radius 2 is 2.33 bits per heavy atom. The molecule has 1 saturated heterocycles. The largest absolute Gasteiger partial charge is 0.377 e. The molecule has 0 aliphatic carbocycles. The van der Waals surface area contributed by atoms with Gasteiger partial charge in [0, 0.05) is 21.8 Å². The minimum absolute atomic E-state index is 0.335. The Kier molecular flexibility index (Phi) is 3.18. The second-order valence-electron chi connectivity index (χ2n) is 4.52. The number of morpholine rings is 1. The molecule has 5 heteroatoms. The minimum Gasteiger partial charge on any atom is -0.377 e. The smallest absolute Gasteiger partial charge is 0.159 e. The van der Waals surface area contributed by atoms with Gasteiger partial charge in [0.05, 0.1) is 25.5 Å². The van der Waals surface area contributed by atoms with Crippen molar-refractivity contribution in [1.29, 1.82) is 0 Å². The monoisotopic (exact) mass is 307 g/mol. The molecule has 0 N–H and O–H groups in total. The molecule has 0 saturated carbocycles. The van der Waals surface area contributed by atoms with Crippen molar-refractivity contribution in [3.05, 3.63) is 28.9 Å². The van der Waals surface area contributed by atoms with Gasteiger partial charge in [0.2, 0.25) is 0 Å². The summed E-state index contributed by atoms with van der Waals surface area (Å²) in [6, 6.07) is 6.53. The highest BCUT2D eigenvalue weighted by atomic mass is 79.9. The van der Waals surface area contributed by atoms with Gasteiger partial charge in [-0.2, -0.15) is 5.10 Å². The third kappa shape index (κ3) is 2.08. The maximum atomic E-state index is 5.47. The van der Waals surface area contributed by atoms with E-state index >= 15 is 0 Å². The van der Waals surface area contributed by atoms with Crippen LogP contribution in [0.15, 0.2) is 28.9 Å². The Hall–Kier alpha value is -1.20. The van der Waals surface area contributed by atoms with E-state index in [1.54, 1.807) is 6.20 Å². The number of nitrogens with zero attached hydrogens (tertiary/aromatic N) is 3. The van der Waals surface area contributed by atoms with Crippen molar-refractivity contribution in [2.75, 3.05) is 24.7 Å². The van der Waals surface area contributed by atoms with Gasteiger partial charge >= 0.3 is 0 Å². The average Bonchev–Trinajstić information content (AvgIpc) is 2.38. The lowest BCUT2D eigenvalue weighted by atomic mass is 10.1. The van der Waals surface area contributed by atoms with E-state index in [1.165, 1.54) is 0 Å². The van der Waals surface area contributed by atoms with Crippen molar-refractivity contribution < 1.29 is 4.74 Å². The number of halogens is 1. The normalized spacial score (nSPS) is 20.3. The van der Waals surface area contributed by atoms with Gasteiger partial charge in [0.25, 0.3) is 0 Å². The molecule has 2 aromatic rings. The first kappa shape index (κ1) is 11.9. The van der Waals surface area contributed by atoms with Crippen LogP contribution in [-0.2, 0) is 4.74 Å². The van der Waals surface area contributed by atoms with E-state index in [0.717, 1.165) is 40.8 Å². The van der Waals surface area contributed by atoms with Crippen LogP contribution < -0.4 is 4.90 Å². The van der Waals surface area contributed by atoms with Crippen LogP contribution in [0.5, 0.6) is 0 Å². The molecule has 3 rings (SSSR count). The summed E-state index contributed by atoms with van der Waals surface area (Å²) in [5, 5.41) is 10.7. The van der Waals surface area contributed by atoms with E-state index in [0.29, 0.717) is 6.04 Å². The average molecular weight is 308 g/mol. The first-order chi connectivity index (χ1) is 8.75. The molecule has 1 aromatic carbocycles. The zero-order valence-corrected chi connectivity index (χ0v) is 11.7. The lowest BCUT2D eigenvalue weighted by Crippen LogP contribution is -2.44. The van der Waals surface area contributed by atoms with Gasteiger partial charge in [0.1, 0.15) is 0 Å². The number of anilines is 1. The van der Waals surface area contributed by atoms with Gasteiger partial charge in [-0.25, -0.2) is 0 Å². The number of aromatic nitrogens is 2. The molecule has 18 heavy (non-hydrogen) atoms. The molecular formula is C13H14BrN3O. The van der Waals surface area contributed by atoms with Gasteiger partial charge in [0.15, 0.2) is 5.82 Å². The summed E-state index contributed by atoms with van der Waals surface area (Å²) in [7, 11) is 0. The summed E-state index contributed by atoms with van der Waals surface area (Å²) in [6.45, 7) is 4.51. The van der Waals surface area contributed by atoms with Crippen LogP contribution in [-0.4, -0.2) is 36.0 Å². The quantitative estimate of drug-likeness (QED) is 0.812. The second kappa shape index (κ2) is 4.82. The van der Waals surface area contributed by atoms with Gasteiger partial charge in [-0.05, 0) is 25.1 Å². The van der Waals surface area contributed by atoms with Crippen molar-refractivity contribution in [1.82, 2.24) is 10.2 Å². The Morgan fingerprint density at radius 3 is 3.17 bits per heavy atom. The maximum Gasteiger partial charge on any atom is 0.159 e. The molecule has 2 heterocycles. The predicted molar refractivity (Wildman–Crippen MR) is 74.9 cm³/mol. The topological polar surface area (TPSA) is 38.2 Å². The predicted octanol–water partition coefficient (Wildman–Crippen LogP) is 2.62. The first-order valence-corrected chi connectivity index (χ1v) is 6.80. The first-order valence-electron chi connectivity index (χ1n) is 6.01. The van der Waals surface area contributed by atoms with Crippen molar-refractivity contribution in [2.45, 2.75) is 13.0 Å². The molecule has 0 unspecified atom stereocenters. The number of hydrogen-bond acceptors (Lipinski definition) is 4. The van der Waals surface area contributed by atoms with Crippen molar-refractivity contribution >= 4 is 32.5 Å². The van der Waals surface area contributed by atoms with Gasteiger partial charge in [-0.1, -0.05) is 15.9 Å². The summed E-state index contributed by atoms with van der Waals surface area (Å²) in [4.78, 5) is 2.27. The van der Waals surface area contributed by atoms with Crippen LogP contribution in [0.1, 0.15) is 6.92 Å². The number of hydrogen-bond donors (Lipinski definition) is 0. The van der Waals surface area contributed by atoms with Crippen LogP contribution in [0.2, 0.25) is 0 Å². The molecule has 0 radical (unpaired) electrons. The van der Waals surface area contributed by atoms with E-state index in [2.05, 4.69) is 50.1 Å². The molecule has 1 aromatic heterocycles. The summed E-state index contributed by atoms with van der Waals surface area (Å²) >= 11 is 3.48. The van der Waals surface area contributed by atoms with Crippen molar-refractivity contribution in [2.24, 2.45) is 0 Å². The molecule has 1 fully saturated rings. The van der Waals surface area contributed by atoms with Gasteiger partial charge in [-0.15, -0.1) is 5.10 Å². The molecule has 1 atom stereocenters. The number of benzene rings is 1. The molecule has 1 aliphatic heterocycles. The molecule has 0 spiro atoms. The number of fused-ring (bicyclic) bond motifs is 1. The lowest BCUT2D eigenvalue weighted by Gasteiger charge is -2.34. The fourth-order valence-electron chi connectivity index (χ4n) is 2.30. The van der Waals surface area contributed by atoms with Crippen molar-refractivity contribution in [3.63, 3.8) is 0 Å². The summed E-state index contributed by atoms with van der Waals surface area (Å²) in [5.74, 6) is 0.954. The van der Waals surface area contributed by atoms with E-state index < -0.39 is 0 Å². The molecule has 0 bridgehead atoms. The van der Waals surface area contributed by atoms with Crippen molar-refractivity contribution in [3.8, 4) is 0 Å². The lowest BCUT2D eigenvalue weighted by molar-refractivity contribution is 0.0986. The van der Waals surface area contributed by atoms with Gasteiger partial charge < -0.3 is 9.64 Å².